The molecule has 1 N–H and O–H groups in total. The highest BCUT2D eigenvalue weighted by atomic mass is 16.5. The third kappa shape index (κ3) is 3.74. The standard InChI is InChI=1S/C17H26N2O/c1-2-4-15(3-1)13-18-14-16-5-7-17(8-6-16)19-9-11-20-12-10-19/h5-8,15,18H,1-4,9-14H2. The van der Waals surface area contributed by atoms with Gasteiger partial charge in [-0.1, -0.05) is 25.0 Å². The van der Waals surface area contributed by atoms with Gasteiger partial charge < -0.3 is 15.0 Å². The Labute approximate surface area is 122 Å². The lowest BCUT2D eigenvalue weighted by Gasteiger charge is -2.28. The Morgan fingerprint density at radius 2 is 1.75 bits per heavy atom. The van der Waals surface area contributed by atoms with Crippen LogP contribution in [0.15, 0.2) is 24.3 Å². The van der Waals surface area contributed by atoms with Gasteiger partial charge in [0, 0.05) is 25.3 Å². The fraction of sp³-hybridized carbons (Fsp3) is 0.647. The van der Waals surface area contributed by atoms with Gasteiger partial charge in [0.15, 0.2) is 0 Å². The van der Waals surface area contributed by atoms with E-state index in [0.29, 0.717) is 0 Å². The van der Waals surface area contributed by atoms with E-state index in [1.165, 1.54) is 43.5 Å². The summed E-state index contributed by atoms with van der Waals surface area (Å²) in [5, 5.41) is 3.61. The van der Waals surface area contributed by atoms with Crippen molar-refractivity contribution in [3.8, 4) is 0 Å². The highest BCUT2D eigenvalue weighted by Crippen LogP contribution is 2.23. The Morgan fingerprint density at radius 3 is 2.45 bits per heavy atom. The molecule has 1 aromatic rings. The van der Waals surface area contributed by atoms with Crippen molar-refractivity contribution in [3.05, 3.63) is 29.8 Å². The summed E-state index contributed by atoms with van der Waals surface area (Å²) in [6.07, 6.45) is 5.70. The van der Waals surface area contributed by atoms with Crippen LogP contribution in [0, 0.1) is 5.92 Å². The Balaban J connectivity index is 1.45. The van der Waals surface area contributed by atoms with Gasteiger partial charge in [-0.25, -0.2) is 0 Å². The smallest absolute Gasteiger partial charge is 0.0642 e. The highest BCUT2D eigenvalue weighted by molar-refractivity contribution is 5.47. The third-order valence-corrected chi connectivity index (χ3v) is 4.55. The molecule has 0 aromatic heterocycles. The van der Waals surface area contributed by atoms with Crippen molar-refractivity contribution in [2.45, 2.75) is 32.2 Å². The molecule has 1 aliphatic carbocycles. The number of benzene rings is 1. The van der Waals surface area contributed by atoms with Gasteiger partial charge in [0.1, 0.15) is 0 Å². The molecule has 1 heterocycles. The van der Waals surface area contributed by atoms with Gasteiger partial charge in [-0.15, -0.1) is 0 Å². The average Bonchev–Trinajstić information content (AvgIpc) is 3.02. The Hall–Kier alpha value is -1.06. The number of rotatable bonds is 5. The summed E-state index contributed by atoms with van der Waals surface area (Å²) < 4.78 is 5.40. The van der Waals surface area contributed by atoms with Crippen LogP contribution in [0.5, 0.6) is 0 Å². The highest BCUT2D eigenvalue weighted by Gasteiger charge is 2.14. The first-order valence-electron chi connectivity index (χ1n) is 8.04. The molecule has 3 heteroatoms. The van der Waals surface area contributed by atoms with Crippen molar-refractivity contribution in [1.29, 1.82) is 0 Å². The molecule has 2 aliphatic rings. The minimum atomic E-state index is 0.852. The number of morpholine rings is 1. The van der Waals surface area contributed by atoms with Crippen molar-refractivity contribution in [1.82, 2.24) is 5.32 Å². The molecule has 1 saturated heterocycles. The van der Waals surface area contributed by atoms with Crippen molar-refractivity contribution in [3.63, 3.8) is 0 Å². The normalized spacial score (nSPS) is 20.5. The van der Waals surface area contributed by atoms with Crippen LogP contribution in [0.25, 0.3) is 0 Å². The van der Waals surface area contributed by atoms with Crippen LogP contribution in [-0.2, 0) is 11.3 Å². The molecule has 0 amide bonds. The van der Waals surface area contributed by atoms with E-state index in [4.69, 9.17) is 4.74 Å². The van der Waals surface area contributed by atoms with Gasteiger partial charge >= 0.3 is 0 Å². The van der Waals surface area contributed by atoms with E-state index in [1.807, 2.05) is 0 Å². The summed E-state index contributed by atoms with van der Waals surface area (Å²) in [6.45, 7) is 5.92. The minimum Gasteiger partial charge on any atom is -0.378 e. The fourth-order valence-corrected chi connectivity index (χ4v) is 3.28. The monoisotopic (exact) mass is 274 g/mol. The molecular weight excluding hydrogens is 248 g/mol. The van der Waals surface area contributed by atoms with Crippen LogP contribution in [0.4, 0.5) is 5.69 Å². The minimum absolute atomic E-state index is 0.852. The second-order valence-corrected chi connectivity index (χ2v) is 6.05. The van der Waals surface area contributed by atoms with Gasteiger partial charge in [-0.2, -0.15) is 0 Å². The first-order valence-corrected chi connectivity index (χ1v) is 8.04. The predicted octanol–water partition coefficient (Wildman–Crippen LogP) is 2.80. The van der Waals surface area contributed by atoms with E-state index in [9.17, 15) is 0 Å². The van der Waals surface area contributed by atoms with Crippen LogP contribution in [-0.4, -0.2) is 32.8 Å². The van der Waals surface area contributed by atoms with Crippen molar-refractivity contribution in [2.75, 3.05) is 37.7 Å². The lowest BCUT2D eigenvalue weighted by Crippen LogP contribution is -2.36. The molecule has 3 nitrogen and oxygen atoms in total. The lowest BCUT2D eigenvalue weighted by molar-refractivity contribution is 0.122. The van der Waals surface area contributed by atoms with Gasteiger partial charge in [-0.3, -0.25) is 0 Å². The lowest BCUT2D eigenvalue weighted by atomic mass is 10.1. The van der Waals surface area contributed by atoms with Crippen LogP contribution < -0.4 is 10.2 Å². The molecule has 1 aliphatic heterocycles. The van der Waals surface area contributed by atoms with Gasteiger partial charge in [0.2, 0.25) is 0 Å². The van der Waals surface area contributed by atoms with Crippen molar-refractivity contribution >= 4 is 5.69 Å². The topological polar surface area (TPSA) is 24.5 Å². The zero-order valence-corrected chi connectivity index (χ0v) is 12.3. The van der Waals surface area contributed by atoms with Crippen LogP contribution in [0.1, 0.15) is 31.2 Å². The quantitative estimate of drug-likeness (QED) is 0.893. The van der Waals surface area contributed by atoms with E-state index >= 15 is 0 Å². The molecule has 1 aromatic carbocycles. The molecule has 0 bridgehead atoms. The van der Waals surface area contributed by atoms with E-state index < -0.39 is 0 Å². The van der Waals surface area contributed by atoms with E-state index in [2.05, 4.69) is 34.5 Å². The largest absolute Gasteiger partial charge is 0.378 e. The summed E-state index contributed by atoms with van der Waals surface area (Å²) in [7, 11) is 0. The molecule has 20 heavy (non-hydrogen) atoms. The number of ether oxygens (including phenoxy) is 1. The molecular formula is C17H26N2O. The number of anilines is 1. The third-order valence-electron chi connectivity index (χ3n) is 4.55. The molecule has 2 fully saturated rings. The summed E-state index contributed by atoms with van der Waals surface area (Å²) >= 11 is 0. The predicted molar refractivity (Wildman–Crippen MR) is 83.1 cm³/mol. The van der Waals surface area contributed by atoms with Crippen LogP contribution in [0.3, 0.4) is 0 Å². The molecule has 0 radical (unpaired) electrons. The SMILES string of the molecule is c1cc(N2CCOCC2)ccc1CNCC1CCCC1. The maximum Gasteiger partial charge on any atom is 0.0642 e. The van der Waals surface area contributed by atoms with Gasteiger partial charge in [-0.05, 0) is 43.0 Å². The number of hydrogen-bond acceptors (Lipinski definition) is 3. The number of hydrogen-bond donors (Lipinski definition) is 1. The number of nitrogens with one attached hydrogen (secondary N) is 1. The molecule has 0 atom stereocenters. The molecule has 0 spiro atoms. The fourth-order valence-electron chi connectivity index (χ4n) is 3.28. The Bertz CT molecular complexity index is 392. The number of nitrogens with zero attached hydrogens (tertiary/aromatic N) is 1. The average molecular weight is 274 g/mol. The summed E-state index contributed by atoms with van der Waals surface area (Å²) in [5.74, 6) is 0.919. The van der Waals surface area contributed by atoms with Gasteiger partial charge in [0.05, 0.1) is 13.2 Å². The molecule has 3 rings (SSSR count). The molecule has 110 valence electrons. The summed E-state index contributed by atoms with van der Waals surface area (Å²) in [4.78, 5) is 2.40. The zero-order valence-electron chi connectivity index (χ0n) is 12.3. The summed E-state index contributed by atoms with van der Waals surface area (Å²) in [6, 6.07) is 9.01. The molecule has 0 unspecified atom stereocenters. The maximum atomic E-state index is 5.40. The van der Waals surface area contributed by atoms with E-state index in [-0.39, 0.29) is 0 Å². The van der Waals surface area contributed by atoms with E-state index in [1.54, 1.807) is 0 Å². The summed E-state index contributed by atoms with van der Waals surface area (Å²) in [5.41, 5.74) is 2.72. The molecule has 1 saturated carbocycles. The first kappa shape index (κ1) is 13.9. The van der Waals surface area contributed by atoms with Crippen molar-refractivity contribution in [2.24, 2.45) is 5.92 Å². The Kier molecular flexibility index (Phi) is 4.93. The van der Waals surface area contributed by atoms with Crippen LogP contribution in [0.2, 0.25) is 0 Å². The zero-order chi connectivity index (χ0) is 13.6. The van der Waals surface area contributed by atoms with E-state index in [0.717, 1.165) is 38.8 Å². The first-order chi connectivity index (χ1) is 9.92. The maximum absolute atomic E-state index is 5.40. The Morgan fingerprint density at radius 1 is 1.05 bits per heavy atom. The van der Waals surface area contributed by atoms with Crippen molar-refractivity contribution < 1.29 is 4.74 Å². The van der Waals surface area contributed by atoms with Crippen LogP contribution >= 0.6 is 0 Å². The van der Waals surface area contributed by atoms with Gasteiger partial charge in [0.25, 0.3) is 0 Å². The second kappa shape index (κ2) is 7.09. The second-order valence-electron chi connectivity index (χ2n) is 6.05.